The molecule has 30 heavy (non-hydrogen) atoms. The van der Waals surface area contributed by atoms with E-state index in [1.54, 1.807) is 12.1 Å². The summed E-state index contributed by atoms with van der Waals surface area (Å²) in [7, 11) is 0. The van der Waals surface area contributed by atoms with Gasteiger partial charge in [0, 0.05) is 17.1 Å². The molecule has 0 bridgehead atoms. The van der Waals surface area contributed by atoms with Crippen LogP contribution in [0, 0.1) is 12.7 Å². The zero-order valence-electron chi connectivity index (χ0n) is 16.5. The summed E-state index contributed by atoms with van der Waals surface area (Å²) >= 11 is 0. The third kappa shape index (κ3) is 2.50. The van der Waals surface area contributed by atoms with Gasteiger partial charge in [0.2, 0.25) is 0 Å². The highest BCUT2D eigenvalue weighted by molar-refractivity contribution is 6.23. The largest absolute Gasteiger partial charge is 0.256 e. The van der Waals surface area contributed by atoms with Crippen molar-refractivity contribution in [1.82, 2.24) is 4.98 Å². The monoisotopic (exact) mass is 387 g/mol. The van der Waals surface area contributed by atoms with E-state index in [1.165, 1.54) is 32.3 Å². The Labute approximate surface area is 173 Å². The van der Waals surface area contributed by atoms with Crippen molar-refractivity contribution < 1.29 is 4.39 Å². The van der Waals surface area contributed by atoms with Gasteiger partial charge >= 0.3 is 0 Å². The summed E-state index contributed by atoms with van der Waals surface area (Å²) in [5, 5.41) is 9.60. The normalized spacial score (nSPS) is 11.7. The van der Waals surface area contributed by atoms with Crippen LogP contribution in [0.4, 0.5) is 4.39 Å². The summed E-state index contributed by atoms with van der Waals surface area (Å²) in [6.45, 7) is 1.91. The lowest BCUT2D eigenvalue weighted by Gasteiger charge is -2.12. The highest BCUT2D eigenvalue weighted by Gasteiger charge is 2.12. The molecule has 2 heteroatoms. The van der Waals surface area contributed by atoms with Gasteiger partial charge in [0.1, 0.15) is 5.82 Å². The number of aryl methyl sites for hydroxylation is 1. The maximum Gasteiger partial charge on any atom is 0.124 e. The number of pyridine rings is 1. The Kier molecular flexibility index (Phi) is 3.63. The van der Waals surface area contributed by atoms with Gasteiger partial charge in [-0.05, 0) is 74.5 Å². The summed E-state index contributed by atoms with van der Waals surface area (Å²) < 4.78 is 14.0. The molecule has 142 valence electrons. The number of rotatable bonds is 1. The lowest BCUT2D eigenvalue weighted by Crippen LogP contribution is -1.90. The van der Waals surface area contributed by atoms with Crippen molar-refractivity contribution in [3.8, 4) is 11.3 Å². The van der Waals surface area contributed by atoms with Crippen molar-refractivity contribution in [1.29, 1.82) is 0 Å². The number of benzene rings is 5. The Balaban J connectivity index is 1.70. The Hall–Kier alpha value is -3.78. The molecule has 0 aliphatic heterocycles. The molecule has 0 fully saturated rings. The molecule has 6 aromatic rings. The second-order valence-electron chi connectivity index (χ2n) is 7.88. The van der Waals surface area contributed by atoms with E-state index in [1.807, 2.05) is 19.2 Å². The van der Waals surface area contributed by atoms with Gasteiger partial charge in [-0.1, -0.05) is 60.7 Å². The molecule has 1 heterocycles. The molecule has 0 unspecified atom stereocenters. The van der Waals surface area contributed by atoms with E-state index in [-0.39, 0.29) is 5.82 Å². The van der Waals surface area contributed by atoms with Gasteiger partial charge in [-0.3, -0.25) is 4.98 Å². The summed E-state index contributed by atoms with van der Waals surface area (Å²) in [5.74, 6) is -0.234. The van der Waals surface area contributed by atoms with E-state index in [9.17, 15) is 4.39 Å². The fraction of sp³-hybridized carbons (Fsp3) is 0.0357. The number of hydrogen-bond donors (Lipinski definition) is 0. The minimum Gasteiger partial charge on any atom is -0.256 e. The van der Waals surface area contributed by atoms with E-state index < -0.39 is 0 Å². The van der Waals surface area contributed by atoms with E-state index in [0.717, 1.165) is 27.6 Å². The zero-order chi connectivity index (χ0) is 20.2. The second-order valence-corrected chi connectivity index (χ2v) is 7.88. The standard InChI is InChI=1S/C28H18FN/c1-17-14-19(16-20(29)15-17)28-27-11-10-24-23-7-6-18-4-2-3-5-21(18)22(23)8-9-25(24)26(27)12-13-30-28/h2-16H,1H3. The van der Waals surface area contributed by atoms with Crippen LogP contribution < -0.4 is 0 Å². The van der Waals surface area contributed by atoms with Crippen molar-refractivity contribution >= 4 is 43.1 Å². The average molecular weight is 387 g/mol. The number of hydrogen-bond acceptors (Lipinski definition) is 1. The summed E-state index contributed by atoms with van der Waals surface area (Å²) in [4.78, 5) is 4.60. The molecule has 5 aromatic carbocycles. The van der Waals surface area contributed by atoms with Crippen LogP contribution >= 0.6 is 0 Å². The van der Waals surface area contributed by atoms with Crippen LogP contribution in [-0.4, -0.2) is 4.98 Å². The maximum atomic E-state index is 14.0. The smallest absolute Gasteiger partial charge is 0.124 e. The van der Waals surface area contributed by atoms with Crippen molar-refractivity contribution in [2.75, 3.05) is 0 Å². The van der Waals surface area contributed by atoms with Gasteiger partial charge in [0.25, 0.3) is 0 Å². The Morgan fingerprint density at radius 2 is 1.23 bits per heavy atom. The summed E-state index contributed by atoms with van der Waals surface area (Å²) in [6.07, 6.45) is 1.82. The van der Waals surface area contributed by atoms with Gasteiger partial charge in [-0.15, -0.1) is 0 Å². The minimum atomic E-state index is -0.234. The SMILES string of the molecule is Cc1cc(F)cc(-c2nccc3c2ccc2c3ccc3c4ccccc4ccc32)c1. The van der Waals surface area contributed by atoms with Gasteiger partial charge < -0.3 is 0 Å². The highest BCUT2D eigenvalue weighted by Crippen LogP contribution is 2.37. The van der Waals surface area contributed by atoms with Crippen molar-refractivity contribution in [2.24, 2.45) is 0 Å². The van der Waals surface area contributed by atoms with Crippen LogP contribution in [0.15, 0.2) is 91.1 Å². The molecular formula is C28H18FN. The van der Waals surface area contributed by atoms with Crippen molar-refractivity contribution in [2.45, 2.75) is 6.92 Å². The van der Waals surface area contributed by atoms with Gasteiger partial charge in [-0.25, -0.2) is 4.39 Å². The maximum absolute atomic E-state index is 14.0. The van der Waals surface area contributed by atoms with Crippen LogP contribution in [0.25, 0.3) is 54.3 Å². The molecule has 0 spiro atoms. The average Bonchev–Trinajstić information content (AvgIpc) is 2.77. The summed E-state index contributed by atoms with van der Waals surface area (Å²) in [5.41, 5.74) is 2.52. The van der Waals surface area contributed by atoms with Gasteiger partial charge in [-0.2, -0.15) is 0 Å². The molecule has 6 rings (SSSR count). The van der Waals surface area contributed by atoms with Crippen molar-refractivity contribution in [3.63, 3.8) is 0 Å². The fourth-order valence-corrected chi connectivity index (χ4v) is 4.67. The number of nitrogens with zero attached hydrogens (tertiary/aromatic N) is 1. The molecule has 0 amide bonds. The number of halogens is 1. The van der Waals surface area contributed by atoms with Crippen molar-refractivity contribution in [3.05, 3.63) is 103 Å². The molecule has 0 atom stereocenters. The molecule has 1 aromatic heterocycles. The molecule has 1 nitrogen and oxygen atoms in total. The Morgan fingerprint density at radius 1 is 0.600 bits per heavy atom. The first-order valence-electron chi connectivity index (χ1n) is 10.1. The first-order valence-corrected chi connectivity index (χ1v) is 10.1. The predicted molar refractivity (Wildman–Crippen MR) is 124 cm³/mol. The van der Waals surface area contributed by atoms with Crippen LogP contribution in [-0.2, 0) is 0 Å². The quantitative estimate of drug-likeness (QED) is 0.262. The molecule has 0 saturated heterocycles. The Bertz CT molecular complexity index is 1590. The lowest BCUT2D eigenvalue weighted by molar-refractivity contribution is 0.627. The molecule has 0 N–H and O–H groups in total. The number of aromatic nitrogens is 1. The van der Waals surface area contributed by atoms with Crippen LogP contribution in [0.2, 0.25) is 0 Å². The van der Waals surface area contributed by atoms with Gasteiger partial charge in [0.15, 0.2) is 0 Å². The number of fused-ring (bicyclic) bond motifs is 7. The van der Waals surface area contributed by atoms with Crippen LogP contribution in [0.3, 0.4) is 0 Å². The first kappa shape index (κ1) is 17.1. The third-order valence-corrected chi connectivity index (χ3v) is 5.98. The molecule has 0 aliphatic rings. The Morgan fingerprint density at radius 3 is 2.00 bits per heavy atom. The van der Waals surface area contributed by atoms with E-state index >= 15 is 0 Å². The lowest BCUT2D eigenvalue weighted by atomic mass is 9.93. The predicted octanol–water partition coefficient (Wildman–Crippen LogP) is 7.81. The molecule has 0 aliphatic carbocycles. The van der Waals surface area contributed by atoms with E-state index in [4.69, 9.17) is 0 Å². The third-order valence-electron chi connectivity index (χ3n) is 5.98. The first-order chi connectivity index (χ1) is 14.7. The zero-order valence-corrected chi connectivity index (χ0v) is 16.5. The van der Waals surface area contributed by atoms with E-state index in [2.05, 4.69) is 71.7 Å². The molecule has 0 saturated carbocycles. The fourth-order valence-electron chi connectivity index (χ4n) is 4.67. The second kappa shape index (κ2) is 6.36. The van der Waals surface area contributed by atoms with Crippen LogP contribution in [0.1, 0.15) is 5.56 Å². The summed E-state index contributed by atoms with van der Waals surface area (Å²) in [6, 6.07) is 28.8. The topological polar surface area (TPSA) is 12.9 Å². The minimum absolute atomic E-state index is 0.234. The molecule has 0 radical (unpaired) electrons. The molecular weight excluding hydrogens is 369 g/mol. The van der Waals surface area contributed by atoms with Gasteiger partial charge in [0.05, 0.1) is 5.69 Å². The van der Waals surface area contributed by atoms with E-state index in [0.29, 0.717) is 0 Å². The highest BCUT2D eigenvalue weighted by atomic mass is 19.1. The van der Waals surface area contributed by atoms with Crippen LogP contribution in [0.5, 0.6) is 0 Å².